The molecule has 16 heteroatoms. The van der Waals surface area contributed by atoms with Gasteiger partial charge in [0, 0.05) is 57.4 Å². The highest BCUT2D eigenvalue weighted by Gasteiger charge is 2.36. The Morgan fingerprint density at radius 1 is 1.14 bits per heavy atom. The molecule has 0 bridgehead atoms. The number of anilines is 2. The lowest BCUT2D eigenvalue weighted by molar-refractivity contribution is -0.274. The number of piperazine rings is 1. The third-order valence-electron chi connectivity index (χ3n) is 7.42. The number of aromatic nitrogens is 2. The third kappa shape index (κ3) is 7.31. The lowest BCUT2D eigenvalue weighted by Gasteiger charge is -2.47. The van der Waals surface area contributed by atoms with Crippen LogP contribution in [-0.2, 0) is 0 Å². The van der Waals surface area contributed by atoms with Gasteiger partial charge in [0.05, 0.1) is 0 Å². The summed E-state index contributed by atoms with van der Waals surface area (Å²) >= 11 is 6.43. The maximum absolute atomic E-state index is 13.0. The molecule has 2 aromatic rings. The van der Waals surface area contributed by atoms with Crippen molar-refractivity contribution >= 4 is 41.0 Å². The lowest BCUT2D eigenvalue weighted by Crippen LogP contribution is -2.58. The standard InChI is InChI=1S/C26H33ClF3N9O3/c1-3-16-14-38(22-20(27)34-19(21(31)35-22)23(40)36-25(32)33-2)12-13-39(16)17-8-10-37(11-9-17)24(41)15-4-6-18(7-5-15)42-26(28,29)30/h4-7,16-17H,3,8-14H2,1-2H3,(H2,31,35)(H3,32,33,36,40)/t16-/m0/s1. The van der Waals surface area contributed by atoms with Crippen LogP contribution in [0.2, 0.25) is 5.15 Å². The van der Waals surface area contributed by atoms with Crippen LogP contribution >= 0.6 is 11.6 Å². The maximum Gasteiger partial charge on any atom is 0.573 e. The highest BCUT2D eigenvalue weighted by Crippen LogP contribution is 2.30. The summed E-state index contributed by atoms with van der Waals surface area (Å²) in [6.07, 6.45) is -2.41. The minimum atomic E-state index is -4.79. The summed E-state index contributed by atoms with van der Waals surface area (Å²) in [5.74, 6) is -1.21. The quantitative estimate of drug-likeness (QED) is 0.285. The first kappa shape index (κ1) is 31.1. The van der Waals surface area contributed by atoms with E-state index in [4.69, 9.17) is 22.7 Å². The van der Waals surface area contributed by atoms with Gasteiger partial charge < -0.3 is 25.6 Å². The number of amides is 2. The summed E-state index contributed by atoms with van der Waals surface area (Å²) in [5.41, 5.74) is 6.18. The number of hydrogen-bond donors (Lipinski definition) is 4. The molecule has 12 nitrogen and oxygen atoms in total. The second-order valence-corrected chi connectivity index (χ2v) is 10.4. The number of nitrogen functional groups attached to an aromatic ring is 1. The van der Waals surface area contributed by atoms with Crippen LogP contribution in [0, 0.1) is 5.41 Å². The number of alkyl halides is 3. The van der Waals surface area contributed by atoms with E-state index in [1.54, 1.807) is 4.90 Å². The van der Waals surface area contributed by atoms with E-state index < -0.39 is 12.3 Å². The molecule has 0 unspecified atom stereocenters. The van der Waals surface area contributed by atoms with Crippen LogP contribution in [0.15, 0.2) is 24.3 Å². The van der Waals surface area contributed by atoms with Crippen molar-refractivity contribution in [2.45, 2.75) is 44.6 Å². The Bertz CT molecular complexity index is 1300. The first-order valence-corrected chi connectivity index (χ1v) is 13.8. The summed E-state index contributed by atoms with van der Waals surface area (Å²) < 4.78 is 41.1. The predicted octanol–water partition coefficient (Wildman–Crippen LogP) is 2.70. The van der Waals surface area contributed by atoms with E-state index >= 15 is 0 Å². The van der Waals surface area contributed by atoms with Crippen LogP contribution in [0.5, 0.6) is 5.75 Å². The van der Waals surface area contributed by atoms with Crippen LogP contribution in [0.3, 0.4) is 0 Å². The molecule has 5 N–H and O–H groups in total. The van der Waals surface area contributed by atoms with Gasteiger partial charge in [-0.25, -0.2) is 9.97 Å². The molecule has 3 heterocycles. The average Bonchev–Trinajstić information content (AvgIpc) is 2.97. The number of piperidine rings is 1. The number of nitrogens with two attached hydrogens (primary N) is 1. The topological polar surface area (TPSA) is 153 Å². The van der Waals surface area contributed by atoms with E-state index in [0.717, 1.165) is 37.9 Å². The average molecular weight is 612 g/mol. The first-order valence-electron chi connectivity index (χ1n) is 13.5. The number of guanidine groups is 1. The van der Waals surface area contributed by atoms with Crippen LogP contribution in [0.1, 0.15) is 47.0 Å². The molecule has 1 aromatic carbocycles. The molecule has 0 saturated carbocycles. The van der Waals surface area contributed by atoms with Crippen molar-refractivity contribution < 1.29 is 27.5 Å². The van der Waals surface area contributed by atoms with E-state index in [9.17, 15) is 22.8 Å². The van der Waals surface area contributed by atoms with Gasteiger partial charge in [-0.1, -0.05) is 18.5 Å². The van der Waals surface area contributed by atoms with Crippen molar-refractivity contribution in [2.24, 2.45) is 0 Å². The molecular formula is C26H33ClF3N9O3. The zero-order chi connectivity index (χ0) is 30.6. The molecule has 42 heavy (non-hydrogen) atoms. The number of nitrogens with one attached hydrogen (secondary N) is 3. The molecule has 2 saturated heterocycles. The van der Waals surface area contributed by atoms with Gasteiger partial charge in [-0.05, 0) is 43.5 Å². The van der Waals surface area contributed by atoms with Gasteiger partial charge >= 0.3 is 6.36 Å². The molecule has 2 fully saturated rings. The highest BCUT2D eigenvalue weighted by molar-refractivity contribution is 6.32. The number of ether oxygens (including phenoxy) is 1. The molecule has 2 amide bonds. The number of carbonyl (C=O) groups excluding carboxylic acids is 2. The Balaban J connectivity index is 1.35. The van der Waals surface area contributed by atoms with E-state index in [-0.39, 0.29) is 46.4 Å². The largest absolute Gasteiger partial charge is 0.573 e. The van der Waals surface area contributed by atoms with E-state index in [1.165, 1.54) is 19.2 Å². The number of halogens is 4. The molecule has 1 aromatic heterocycles. The fourth-order valence-corrected chi connectivity index (χ4v) is 5.56. The van der Waals surface area contributed by atoms with Crippen LogP contribution in [0.25, 0.3) is 0 Å². The van der Waals surface area contributed by atoms with Crippen molar-refractivity contribution in [3.8, 4) is 5.75 Å². The third-order valence-corrected chi connectivity index (χ3v) is 7.68. The van der Waals surface area contributed by atoms with Crippen molar-refractivity contribution in [3.05, 3.63) is 40.7 Å². The van der Waals surface area contributed by atoms with Crippen LogP contribution in [0.4, 0.5) is 24.8 Å². The van der Waals surface area contributed by atoms with Gasteiger partial charge in [-0.2, -0.15) is 0 Å². The van der Waals surface area contributed by atoms with Gasteiger partial charge in [-0.3, -0.25) is 25.2 Å². The molecule has 228 valence electrons. The number of hydrogen-bond acceptors (Lipinski definition) is 9. The predicted molar refractivity (Wildman–Crippen MR) is 151 cm³/mol. The summed E-state index contributed by atoms with van der Waals surface area (Å²) in [6, 6.07) is 5.39. The summed E-state index contributed by atoms with van der Waals surface area (Å²) in [4.78, 5) is 40.0. The lowest BCUT2D eigenvalue weighted by atomic mass is 9.97. The first-order chi connectivity index (χ1) is 19.9. The Morgan fingerprint density at radius 2 is 1.81 bits per heavy atom. The normalized spacial score (nSPS) is 18.5. The Hall–Kier alpha value is -3.85. The summed E-state index contributed by atoms with van der Waals surface area (Å²) in [6.45, 7) is 5.10. The zero-order valence-corrected chi connectivity index (χ0v) is 23.9. The fourth-order valence-electron chi connectivity index (χ4n) is 5.31. The number of benzene rings is 1. The van der Waals surface area contributed by atoms with Crippen LogP contribution < -0.4 is 26.0 Å². The molecule has 2 aliphatic rings. The Kier molecular flexibility index (Phi) is 9.61. The molecular weight excluding hydrogens is 579 g/mol. The fraction of sp³-hybridized carbons (Fsp3) is 0.500. The van der Waals surface area contributed by atoms with Gasteiger partial charge in [0.1, 0.15) is 5.75 Å². The molecule has 0 radical (unpaired) electrons. The van der Waals surface area contributed by atoms with Crippen molar-refractivity contribution in [3.63, 3.8) is 0 Å². The second kappa shape index (κ2) is 13.0. The maximum atomic E-state index is 13.0. The monoisotopic (exact) mass is 611 g/mol. The molecule has 0 spiro atoms. The van der Waals surface area contributed by atoms with Crippen LogP contribution in [-0.4, -0.2) is 95.8 Å². The van der Waals surface area contributed by atoms with Crippen molar-refractivity contribution in [1.82, 2.24) is 30.4 Å². The van der Waals surface area contributed by atoms with E-state index in [1.807, 2.05) is 4.90 Å². The Labute approximate surface area is 245 Å². The van der Waals surface area contributed by atoms with Gasteiger partial charge in [0.15, 0.2) is 28.4 Å². The molecule has 2 aliphatic heterocycles. The van der Waals surface area contributed by atoms with Crippen molar-refractivity contribution in [2.75, 3.05) is 50.4 Å². The van der Waals surface area contributed by atoms with Gasteiger partial charge in [0.2, 0.25) is 0 Å². The molecule has 4 rings (SSSR count). The number of rotatable bonds is 6. The number of carbonyl (C=O) groups is 2. The summed E-state index contributed by atoms with van der Waals surface area (Å²) in [5, 5.41) is 12.4. The van der Waals surface area contributed by atoms with E-state index in [2.05, 4.69) is 37.2 Å². The SMILES string of the molecule is CC[C@H]1CN(c2nc(N)c(C(=O)NC(=N)NC)nc2Cl)CCN1C1CCN(C(=O)c2ccc(OC(F)(F)F)cc2)CC1. The highest BCUT2D eigenvalue weighted by atomic mass is 35.5. The molecule has 1 atom stereocenters. The smallest absolute Gasteiger partial charge is 0.406 e. The van der Waals surface area contributed by atoms with Gasteiger partial charge in [0.25, 0.3) is 11.8 Å². The number of likely N-dealkylation sites (tertiary alicyclic amines) is 1. The Morgan fingerprint density at radius 3 is 2.40 bits per heavy atom. The van der Waals surface area contributed by atoms with Crippen molar-refractivity contribution in [1.29, 1.82) is 5.41 Å². The number of nitrogens with zero attached hydrogens (tertiary/aromatic N) is 5. The summed E-state index contributed by atoms with van der Waals surface area (Å²) in [7, 11) is 1.49. The van der Waals surface area contributed by atoms with E-state index in [0.29, 0.717) is 37.6 Å². The minimum absolute atomic E-state index is 0.0402. The zero-order valence-electron chi connectivity index (χ0n) is 23.2. The second-order valence-electron chi connectivity index (χ2n) is 9.99. The minimum Gasteiger partial charge on any atom is -0.406 e. The van der Waals surface area contributed by atoms with Gasteiger partial charge in [-0.15, -0.1) is 13.2 Å². The molecule has 0 aliphatic carbocycles.